The van der Waals surface area contributed by atoms with E-state index in [-0.39, 0.29) is 39.2 Å². The molecule has 0 aromatic heterocycles. The standard InChI is InChI=1S/C20H23BrFIN2O3.C19H21BrFIN2O3/c1-11(2)6-14(26)10-28-25-20(27)15-8-16(21)17(22)9-19(15)24-18-5-4-13(23)7-12(18)3;1-10(2)18(25)9-27-24-19(26)13-7-14(20)15(21)8-17(13)23-16-5-4-12(22)6-11(16)3/h4-5,7-9,11,14,24,26H,6,10H2,1-3H3,(H,25,27);4-8,10,18,23,25H,9H2,1-3H3,(H,24,26). The number of amides is 2. The highest BCUT2D eigenvalue weighted by atomic mass is 127. The lowest BCUT2D eigenvalue weighted by molar-refractivity contribution is -0.0268. The van der Waals surface area contributed by atoms with Crippen LogP contribution in [0.3, 0.4) is 0 Å². The fourth-order valence-electron chi connectivity index (χ4n) is 4.81. The van der Waals surface area contributed by atoms with Crippen LogP contribution in [-0.4, -0.2) is 47.4 Å². The summed E-state index contributed by atoms with van der Waals surface area (Å²) < 4.78 is 30.6. The monoisotopic (exact) mass is 1110 g/mol. The molecule has 2 unspecified atom stereocenters. The number of nitrogens with one attached hydrogen (secondary N) is 4. The Labute approximate surface area is 364 Å². The van der Waals surface area contributed by atoms with Gasteiger partial charge in [-0.05, 0) is 181 Å². The molecular weight excluding hydrogens is 1070 g/mol. The van der Waals surface area contributed by atoms with Crippen molar-refractivity contribution in [3.05, 3.63) is 111 Å². The molecular formula is C39H44Br2F2I2N4O6. The maximum Gasteiger partial charge on any atom is 0.276 e. The van der Waals surface area contributed by atoms with Crippen LogP contribution in [0.1, 0.15) is 66.0 Å². The molecule has 2 amide bonds. The second kappa shape index (κ2) is 22.5. The smallest absolute Gasteiger partial charge is 0.276 e. The molecule has 0 spiro atoms. The summed E-state index contributed by atoms with van der Waals surface area (Å²) in [6, 6.07) is 16.8. The molecule has 298 valence electrons. The summed E-state index contributed by atoms with van der Waals surface area (Å²) in [5.74, 6) is -1.75. The van der Waals surface area contributed by atoms with Gasteiger partial charge in [-0.1, -0.05) is 27.7 Å². The first-order chi connectivity index (χ1) is 25.9. The number of rotatable bonds is 15. The van der Waals surface area contributed by atoms with Crippen LogP contribution in [0.5, 0.6) is 0 Å². The first-order valence-corrected chi connectivity index (χ1v) is 20.8. The minimum absolute atomic E-state index is 0.00273. The van der Waals surface area contributed by atoms with Gasteiger partial charge in [0.1, 0.15) is 24.8 Å². The normalized spacial score (nSPS) is 12.1. The van der Waals surface area contributed by atoms with Crippen molar-refractivity contribution in [1.29, 1.82) is 0 Å². The molecule has 4 aromatic rings. The number of hydrogen-bond donors (Lipinski definition) is 6. The van der Waals surface area contributed by atoms with Crippen molar-refractivity contribution >= 4 is 112 Å². The van der Waals surface area contributed by atoms with Gasteiger partial charge in [0.05, 0.1) is 43.7 Å². The second-order valence-corrected chi connectivity index (χ2v) is 17.6. The van der Waals surface area contributed by atoms with E-state index in [0.717, 1.165) is 29.6 Å². The van der Waals surface area contributed by atoms with Gasteiger partial charge in [0.2, 0.25) is 0 Å². The van der Waals surface area contributed by atoms with Crippen LogP contribution in [0.4, 0.5) is 31.5 Å². The zero-order chi connectivity index (χ0) is 41.0. The SMILES string of the molecule is Cc1cc(I)ccc1Nc1cc(F)c(Br)cc1C(=O)NOCC(O)C(C)C.Cc1cc(I)ccc1Nc1cc(F)c(Br)cc1C(=O)NOCC(O)CC(C)C. The molecule has 0 heterocycles. The van der Waals surface area contributed by atoms with E-state index in [1.165, 1.54) is 24.3 Å². The van der Waals surface area contributed by atoms with E-state index >= 15 is 0 Å². The summed E-state index contributed by atoms with van der Waals surface area (Å²) in [5, 5.41) is 25.8. The molecule has 6 N–H and O–H groups in total. The number of aliphatic hydroxyl groups is 2. The Bertz CT molecular complexity index is 1960. The molecule has 0 aliphatic carbocycles. The van der Waals surface area contributed by atoms with Crippen LogP contribution in [0.2, 0.25) is 0 Å². The summed E-state index contributed by atoms with van der Waals surface area (Å²) >= 11 is 10.6. The Kier molecular flexibility index (Phi) is 19.2. The zero-order valence-corrected chi connectivity index (χ0v) is 38.5. The number of aliphatic hydroxyl groups excluding tert-OH is 2. The number of carbonyl (C=O) groups is 2. The Hall–Kier alpha value is -2.46. The van der Waals surface area contributed by atoms with E-state index in [4.69, 9.17) is 9.68 Å². The van der Waals surface area contributed by atoms with Gasteiger partial charge in [0.25, 0.3) is 11.8 Å². The van der Waals surface area contributed by atoms with E-state index in [2.05, 4.69) is 98.6 Å². The maximum atomic E-state index is 14.1. The molecule has 4 aromatic carbocycles. The van der Waals surface area contributed by atoms with Gasteiger partial charge in [-0.3, -0.25) is 19.3 Å². The van der Waals surface area contributed by atoms with Crippen molar-refractivity contribution < 1.29 is 38.3 Å². The number of aryl methyl sites for hydroxylation is 2. The van der Waals surface area contributed by atoms with E-state index in [9.17, 15) is 28.6 Å². The highest BCUT2D eigenvalue weighted by Gasteiger charge is 2.19. The first-order valence-electron chi connectivity index (χ1n) is 17.1. The molecule has 16 heteroatoms. The minimum Gasteiger partial charge on any atom is -0.391 e. The van der Waals surface area contributed by atoms with Gasteiger partial charge in [-0.25, -0.2) is 19.7 Å². The van der Waals surface area contributed by atoms with Crippen molar-refractivity contribution in [2.75, 3.05) is 23.8 Å². The maximum absolute atomic E-state index is 14.1. The lowest BCUT2D eigenvalue weighted by atomic mass is 10.1. The molecule has 0 bridgehead atoms. The molecule has 2 atom stereocenters. The highest BCUT2D eigenvalue weighted by molar-refractivity contribution is 14.1. The van der Waals surface area contributed by atoms with Crippen LogP contribution >= 0.6 is 77.0 Å². The predicted octanol–water partition coefficient (Wildman–Crippen LogP) is 10.2. The lowest BCUT2D eigenvalue weighted by Crippen LogP contribution is -2.31. The predicted molar refractivity (Wildman–Crippen MR) is 236 cm³/mol. The number of halogens is 6. The van der Waals surface area contributed by atoms with Crippen LogP contribution in [0, 0.1) is 44.5 Å². The summed E-state index contributed by atoms with van der Waals surface area (Å²) in [4.78, 5) is 35.3. The van der Waals surface area contributed by atoms with Crippen molar-refractivity contribution in [2.24, 2.45) is 11.8 Å². The zero-order valence-electron chi connectivity index (χ0n) is 31.0. The molecule has 0 aliphatic rings. The van der Waals surface area contributed by atoms with Crippen LogP contribution < -0.4 is 21.6 Å². The average Bonchev–Trinajstić information content (AvgIpc) is 3.09. The average molecular weight is 1120 g/mol. The summed E-state index contributed by atoms with van der Waals surface area (Å²) in [5.41, 5.74) is 9.13. The Balaban J connectivity index is 0.000000296. The summed E-state index contributed by atoms with van der Waals surface area (Å²) in [7, 11) is 0. The molecule has 10 nitrogen and oxygen atoms in total. The number of hydroxylamine groups is 2. The fraction of sp³-hybridized carbons (Fsp3) is 0.333. The molecule has 0 saturated heterocycles. The second-order valence-electron chi connectivity index (χ2n) is 13.4. The number of anilines is 4. The first kappa shape index (κ1) is 46.9. The van der Waals surface area contributed by atoms with Crippen LogP contribution in [-0.2, 0) is 9.68 Å². The fourth-order valence-corrected chi connectivity index (χ4v) is 6.79. The van der Waals surface area contributed by atoms with E-state index in [1.54, 1.807) is 0 Å². The molecule has 55 heavy (non-hydrogen) atoms. The van der Waals surface area contributed by atoms with E-state index in [1.807, 2.05) is 77.9 Å². The molecule has 0 aliphatic heterocycles. The molecule has 0 saturated carbocycles. The van der Waals surface area contributed by atoms with Crippen molar-refractivity contribution in [1.82, 2.24) is 11.0 Å². The third-order valence-corrected chi connectivity index (χ3v) is 10.5. The molecule has 0 fully saturated rings. The quantitative estimate of drug-likeness (QED) is 0.0511. The van der Waals surface area contributed by atoms with E-state index in [0.29, 0.717) is 23.7 Å². The van der Waals surface area contributed by atoms with Gasteiger partial charge < -0.3 is 20.8 Å². The molecule has 4 rings (SSSR count). The highest BCUT2D eigenvalue weighted by Crippen LogP contribution is 2.31. The van der Waals surface area contributed by atoms with Crippen LogP contribution in [0.25, 0.3) is 0 Å². The minimum atomic E-state index is -0.697. The van der Waals surface area contributed by atoms with Crippen molar-refractivity contribution in [3.63, 3.8) is 0 Å². The van der Waals surface area contributed by atoms with Gasteiger partial charge >= 0.3 is 0 Å². The third-order valence-electron chi connectivity index (χ3n) is 7.90. The Morgan fingerprint density at radius 2 is 1.11 bits per heavy atom. The van der Waals surface area contributed by atoms with Gasteiger partial charge in [-0.2, -0.15) is 0 Å². The van der Waals surface area contributed by atoms with Crippen LogP contribution in [0.15, 0.2) is 69.6 Å². The lowest BCUT2D eigenvalue weighted by Gasteiger charge is -2.17. The summed E-state index contributed by atoms with van der Waals surface area (Å²) in [6.07, 6.45) is -0.804. The Morgan fingerprint density at radius 1 is 0.691 bits per heavy atom. The third kappa shape index (κ3) is 15.1. The largest absolute Gasteiger partial charge is 0.391 e. The number of carbonyl (C=O) groups excluding carboxylic acids is 2. The summed E-state index contributed by atoms with van der Waals surface area (Å²) in [6.45, 7) is 11.5. The number of benzene rings is 4. The van der Waals surface area contributed by atoms with E-state index < -0.39 is 35.7 Å². The van der Waals surface area contributed by atoms with Gasteiger partial charge in [-0.15, -0.1) is 0 Å². The topological polar surface area (TPSA) is 141 Å². The van der Waals surface area contributed by atoms with Gasteiger partial charge in [0, 0.05) is 18.5 Å². The van der Waals surface area contributed by atoms with Gasteiger partial charge in [0.15, 0.2) is 0 Å². The van der Waals surface area contributed by atoms with Crippen molar-refractivity contribution in [2.45, 2.75) is 60.2 Å². The molecule has 0 radical (unpaired) electrons. The Morgan fingerprint density at radius 3 is 1.49 bits per heavy atom. The van der Waals surface area contributed by atoms with Crippen molar-refractivity contribution in [3.8, 4) is 0 Å². The number of hydrogen-bond acceptors (Lipinski definition) is 8.